The Balaban J connectivity index is 2.81. The van der Waals surface area contributed by atoms with Crippen molar-refractivity contribution in [1.82, 2.24) is 0 Å². The summed E-state index contributed by atoms with van der Waals surface area (Å²) in [5.74, 6) is 0.822. The second-order valence-electron chi connectivity index (χ2n) is 3.48. The average Bonchev–Trinajstić information content (AvgIpc) is 2.51. The van der Waals surface area contributed by atoms with Crippen LogP contribution in [0.4, 0.5) is 0 Å². The highest BCUT2D eigenvalue weighted by Crippen LogP contribution is 2.40. The quantitative estimate of drug-likeness (QED) is 0.654. The predicted octanol–water partition coefficient (Wildman–Crippen LogP) is 2.57. The molecule has 0 aromatic rings. The highest BCUT2D eigenvalue weighted by molar-refractivity contribution is 8.03. The Bertz CT molecular complexity index is 321. The Morgan fingerprint density at radius 1 is 1.57 bits per heavy atom. The number of nitrogens with zero attached hydrogens (tertiary/aromatic N) is 2. The van der Waals surface area contributed by atoms with Crippen molar-refractivity contribution in [3.05, 3.63) is 10.7 Å². The zero-order valence-electron chi connectivity index (χ0n) is 8.33. The van der Waals surface area contributed by atoms with Crippen LogP contribution in [-0.4, -0.2) is 11.4 Å². The van der Waals surface area contributed by atoms with Crippen molar-refractivity contribution >= 4 is 11.8 Å². The van der Waals surface area contributed by atoms with Gasteiger partial charge in [-0.25, -0.2) is 0 Å². The van der Waals surface area contributed by atoms with E-state index in [9.17, 15) is 0 Å². The average molecular weight is 208 g/mol. The Kier molecular flexibility index (Phi) is 3.43. The third-order valence-corrected chi connectivity index (χ3v) is 3.36. The van der Waals surface area contributed by atoms with Gasteiger partial charge < -0.3 is 4.74 Å². The van der Waals surface area contributed by atoms with Crippen LogP contribution in [0, 0.1) is 22.7 Å². The third-order valence-electron chi connectivity index (χ3n) is 2.05. The molecule has 0 radical (unpaired) electrons. The molecule has 0 aromatic carbocycles. The molecule has 1 rings (SSSR count). The molecule has 0 aliphatic carbocycles. The van der Waals surface area contributed by atoms with Crippen LogP contribution < -0.4 is 0 Å². The van der Waals surface area contributed by atoms with Gasteiger partial charge in [-0.1, -0.05) is 25.1 Å². The number of nitriles is 2. The molecule has 0 amide bonds. The summed E-state index contributed by atoms with van der Waals surface area (Å²) in [5, 5.41) is 17.8. The standard InChI is InChI=1S/C10H12N2OS/c1-3-4-10(2)7-14-9(13-10)8(5-11)6-12/h3-4,7H2,1-2H3. The van der Waals surface area contributed by atoms with Crippen molar-refractivity contribution in [3.8, 4) is 12.1 Å². The zero-order valence-corrected chi connectivity index (χ0v) is 9.15. The summed E-state index contributed by atoms with van der Waals surface area (Å²) in [6.45, 7) is 4.11. The van der Waals surface area contributed by atoms with Gasteiger partial charge in [-0.2, -0.15) is 10.5 Å². The molecule has 0 spiro atoms. The maximum atomic E-state index is 8.66. The van der Waals surface area contributed by atoms with Crippen molar-refractivity contribution in [2.24, 2.45) is 0 Å². The summed E-state index contributed by atoms with van der Waals surface area (Å²) >= 11 is 1.46. The first-order chi connectivity index (χ1) is 6.65. The fourth-order valence-electron chi connectivity index (χ4n) is 1.39. The molecular formula is C10H12N2OS. The molecule has 0 bridgehead atoms. The van der Waals surface area contributed by atoms with Crippen molar-refractivity contribution in [3.63, 3.8) is 0 Å². The van der Waals surface area contributed by atoms with E-state index in [2.05, 4.69) is 6.92 Å². The molecule has 1 fully saturated rings. The highest BCUT2D eigenvalue weighted by atomic mass is 32.2. The molecule has 14 heavy (non-hydrogen) atoms. The Hall–Kier alpha value is -1.13. The minimum Gasteiger partial charge on any atom is -0.478 e. The Labute approximate surface area is 88.4 Å². The van der Waals surface area contributed by atoms with E-state index in [1.807, 2.05) is 19.1 Å². The molecule has 4 heteroatoms. The van der Waals surface area contributed by atoms with E-state index in [0.29, 0.717) is 5.09 Å². The van der Waals surface area contributed by atoms with Crippen LogP contribution in [0.1, 0.15) is 26.7 Å². The highest BCUT2D eigenvalue weighted by Gasteiger charge is 2.35. The van der Waals surface area contributed by atoms with Crippen molar-refractivity contribution in [2.75, 3.05) is 5.75 Å². The second kappa shape index (κ2) is 4.39. The van der Waals surface area contributed by atoms with Crippen LogP contribution in [0.15, 0.2) is 10.7 Å². The van der Waals surface area contributed by atoms with Gasteiger partial charge in [0.15, 0.2) is 10.7 Å². The Morgan fingerprint density at radius 2 is 2.21 bits per heavy atom. The molecule has 74 valence electrons. The van der Waals surface area contributed by atoms with Crippen LogP contribution in [0.5, 0.6) is 0 Å². The van der Waals surface area contributed by atoms with Crippen molar-refractivity contribution in [2.45, 2.75) is 32.3 Å². The van der Waals surface area contributed by atoms with Gasteiger partial charge in [0.2, 0.25) is 0 Å². The molecule has 0 N–H and O–H groups in total. The fourth-order valence-corrected chi connectivity index (χ4v) is 2.53. The van der Waals surface area contributed by atoms with E-state index < -0.39 is 0 Å². The number of ether oxygens (including phenoxy) is 1. The molecule has 0 saturated carbocycles. The predicted molar refractivity (Wildman–Crippen MR) is 55.1 cm³/mol. The van der Waals surface area contributed by atoms with Crippen molar-refractivity contribution in [1.29, 1.82) is 10.5 Å². The normalized spacial score (nSPS) is 25.0. The molecule has 1 heterocycles. The fraction of sp³-hybridized carbons (Fsp3) is 0.600. The lowest BCUT2D eigenvalue weighted by Gasteiger charge is -2.21. The molecule has 1 aliphatic rings. The minimum absolute atomic E-state index is 0.0924. The van der Waals surface area contributed by atoms with E-state index in [1.54, 1.807) is 0 Å². The summed E-state index contributed by atoms with van der Waals surface area (Å²) in [7, 11) is 0. The SMILES string of the molecule is CCCC1(C)CSC(=C(C#N)C#N)O1. The van der Waals surface area contributed by atoms with Crippen molar-refractivity contribution < 1.29 is 4.74 Å². The first-order valence-electron chi connectivity index (χ1n) is 4.51. The van der Waals surface area contributed by atoms with Gasteiger partial charge in [-0.3, -0.25) is 0 Å². The summed E-state index contributed by atoms with van der Waals surface area (Å²) in [6.07, 6.45) is 1.99. The second-order valence-corrected chi connectivity index (χ2v) is 4.42. The summed E-state index contributed by atoms with van der Waals surface area (Å²) in [4.78, 5) is 0. The van der Waals surface area contributed by atoms with E-state index in [-0.39, 0.29) is 11.2 Å². The van der Waals surface area contributed by atoms with Crippen LogP contribution in [0.2, 0.25) is 0 Å². The maximum absolute atomic E-state index is 8.66. The van der Waals surface area contributed by atoms with Gasteiger partial charge in [-0.15, -0.1) is 0 Å². The van der Waals surface area contributed by atoms with Crippen LogP contribution >= 0.6 is 11.8 Å². The first-order valence-corrected chi connectivity index (χ1v) is 5.50. The number of hydrogen-bond acceptors (Lipinski definition) is 4. The topological polar surface area (TPSA) is 56.8 Å². The van der Waals surface area contributed by atoms with E-state index in [0.717, 1.165) is 18.6 Å². The van der Waals surface area contributed by atoms with E-state index >= 15 is 0 Å². The molecule has 1 unspecified atom stereocenters. The lowest BCUT2D eigenvalue weighted by Crippen LogP contribution is -2.25. The van der Waals surface area contributed by atoms with Crippen LogP contribution in [0.3, 0.4) is 0 Å². The maximum Gasteiger partial charge on any atom is 0.182 e. The molecule has 3 nitrogen and oxygen atoms in total. The van der Waals surface area contributed by atoms with Gasteiger partial charge in [-0.05, 0) is 13.3 Å². The van der Waals surface area contributed by atoms with Crippen LogP contribution in [0.25, 0.3) is 0 Å². The smallest absolute Gasteiger partial charge is 0.182 e. The molecule has 0 aromatic heterocycles. The number of allylic oxidation sites excluding steroid dienone is 1. The van der Waals surface area contributed by atoms with Gasteiger partial charge in [0.25, 0.3) is 0 Å². The van der Waals surface area contributed by atoms with Crippen LogP contribution in [-0.2, 0) is 4.74 Å². The lowest BCUT2D eigenvalue weighted by atomic mass is 10.0. The zero-order chi connectivity index (χ0) is 10.6. The third kappa shape index (κ3) is 2.21. The summed E-state index contributed by atoms with van der Waals surface area (Å²) in [5.41, 5.74) is -0.108. The lowest BCUT2D eigenvalue weighted by molar-refractivity contribution is 0.0583. The molecule has 1 aliphatic heterocycles. The van der Waals surface area contributed by atoms with Gasteiger partial charge in [0.1, 0.15) is 17.7 Å². The van der Waals surface area contributed by atoms with E-state index in [1.165, 1.54) is 11.8 Å². The minimum atomic E-state index is -0.201. The first kappa shape index (κ1) is 10.9. The summed E-state index contributed by atoms with van der Waals surface area (Å²) < 4.78 is 5.63. The Morgan fingerprint density at radius 3 is 2.71 bits per heavy atom. The van der Waals surface area contributed by atoms with Gasteiger partial charge >= 0.3 is 0 Å². The number of hydrogen-bond donors (Lipinski definition) is 0. The molecule has 1 saturated heterocycles. The van der Waals surface area contributed by atoms with Gasteiger partial charge in [0.05, 0.1) is 0 Å². The largest absolute Gasteiger partial charge is 0.478 e. The molecular weight excluding hydrogens is 196 g/mol. The monoisotopic (exact) mass is 208 g/mol. The number of rotatable bonds is 2. The van der Waals surface area contributed by atoms with E-state index in [4.69, 9.17) is 15.3 Å². The number of thioether (sulfide) groups is 1. The summed E-state index contributed by atoms with van der Waals surface area (Å²) in [6, 6.07) is 3.69. The molecule has 1 atom stereocenters. The van der Waals surface area contributed by atoms with Gasteiger partial charge in [0, 0.05) is 5.75 Å².